The molecule has 0 amide bonds. The third-order valence-corrected chi connectivity index (χ3v) is 4.23. The van der Waals surface area contributed by atoms with Crippen LogP contribution >= 0.6 is 0 Å². The van der Waals surface area contributed by atoms with Crippen LogP contribution in [-0.4, -0.2) is 22.5 Å². The van der Waals surface area contributed by atoms with Crippen molar-refractivity contribution in [3.63, 3.8) is 0 Å². The maximum absolute atomic E-state index is 5.96. The van der Waals surface area contributed by atoms with Gasteiger partial charge in [-0.2, -0.15) is 0 Å². The second-order valence-electron chi connectivity index (χ2n) is 5.16. The van der Waals surface area contributed by atoms with Crippen molar-refractivity contribution < 1.29 is 4.42 Å². The summed E-state index contributed by atoms with van der Waals surface area (Å²) in [7, 11) is 0. The molecule has 4 heterocycles. The van der Waals surface area contributed by atoms with Crippen LogP contribution in [0.4, 0.5) is 0 Å². The van der Waals surface area contributed by atoms with Crippen LogP contribution in [-0.2, 0) is 0 Å². The topological polar surface area (TPSA) is 29.3 Å². The number of nitrogens with zero attached hydrogens (tertiary/aromatic N) is 2. The molecule has 0 aromatic carbocycles. The fourth-order valence-corrected chi connectivity index (χ4v) is 3.45. The Balaban J connectivity index is 1.74. The predicted molar refractivity (Wildman–Crippen MR) is 65.7 cm³/mol. The molecule has 0 aliphatic carbocycles. The first-order valence-corrected chi connectivity index (χ1v) is 6.52. The van der Waals surface area contributed by atoms with Gasteiger partial charge in [0.25, 0.3) is 0 Å². The quantitative estimate of drug-likeness (QED) is 0.751. The van der Waals surface area contributed by atoms with Crippen LogP contribution < -0.4 is 0 Å². The Bertz CT molecular complexity index is 515. The van der Waals surface area contributed by atoms with Gasteiger partial charge in [-0.05, 0) is 44.4 Å². The van der Waals surface area contributed by atoms with Gasteiger partial charge in [0, 0.05) is 18.3 Å². The Hall–Kier alpha value is -1.35. The minimum atomic E-state index is 0.497. The van der Waals surface area contributed by atoms with Crippen molar-refractivity contribution in [1.29, 1.82) is 0 Å². The van der Waals surface area contributed by atoms with E-state index in [1.807, 2.05) is 18.3 Å². The molecule has 2 aliphatic heterocycles. The maximum atomic E-state index is 5.96. The molecule has 0 unspecified atom stereocenters. The molecule has 2 aromatic heterocycles. The number of fused-ring (bicyclic) bond motifs is 2. The molecule has 2 aliphatic rings. The first kappa shape index (κ1) is 9.66. The summed E-state index contributed by atoms with van der Waals surface area (Å²) in [6.45, 7) is 1.24. The van der Waals surface area contributed by atoms with Gasteiger partial charge in [-0.25, -0.2) is 0 Å². The maximum Gasteiger partial charge on any atom is 0.152 e. The van der Waals surface area contributed by atoms with E-state index >= 15 is 0 Å². The summed E-state index contributed by atoms with van der Waals surface area (Å²) in [5.41, 5.74) is 1.91. The molecule has 88 valence electrons. The van der Waals surface area contributed by atoms with Crippen LogP contribution in [0, 0.1) is 0 Å². The Morgan fingerprint density at radius 3 is 3.24 bits per heavy atom. The molecule has 3 nitrogen and oxygen atoms in total. The van der Waals surface area contributed by atoms with Gasteiger partial charge >= 0.3 is 0 Å². The zero-order valence-corrected chi connectivity index (χ0v) is 9.80. The number of furan rings is 1. The first-order valence-electron chi connectivity index (χ1n) is 6.52. The van der Waals surface area contributed by atoms with Crippen LogP contribution in [0.15, 0.2) is 28.8 Å². The summed E-state index contributed by atoms with van der Waals surface area (Å²) in [6.07, 6.45) is 7.11. The zero-order chi connectivity index (χ0) is 11.2. The van der Waals surface area contributed by atoms with E-state index in [1.165, 1.54) is 32.2 Å². The average Bonchev–Trinajstić information content (AvgIpc) is 3.02. The SMILES string of the molecule is c1cnc2cc([C@@H]3CC[C@@H]4CCCN43)oc2c1. The fourth-order valence-electron chi connectivity index (χ4n) is 3.45. The lowest BCUT2D eigenvalue weighted by Crippen LogP contribution is -2.25. The Morgan fingerprint density at radius 1 is 1.29 bits per heavy atom. The smallest absolute Gasteiger partial charge is 0.152 e. The number of hydrogen-bond acceptors (Lipinski definition) is 3. The van der Waals surface area contributed by atoms with Gasteiger partial charge in [0.15, 0.2) is 5.58 Å². The molecule has 4 rings (SSSR count). The monoisotopic (exact) mass is 228 g/mol. The summed E-state index contributed by atoms with van der Waals surface area (Å²) < 4.78 is 5.96. The molecule has 0 spiro atoms. The van der Waals surface area contributed by atoms with Gasteiger partial charge < -0.3 is 4.42 Å². The van der Waals surface area contributed by atoms with Crippen LogP contribution in [0.25, 0.3) is 11.1 Å². The third kappa shape index (κ3) is 1.42. The van der Waals surface area contributed by atoms with Crippen LogP contribution in [0.1, 0.15) is 37.5 Å². The summed E-state index contributed by atoms with van der Waals surface area (Å²) in [4.78, 5) is 6.97. The van der Waals surface area contributed by atoms with Crippen LogP contribution in [0.2, 0.25) is 0 Å². The second kappa shape index (κ2) is 3.57. The third-order valence-electron chi connectivity index (χ3n) is 4.23. The Kier molecular flexibility index (Phi) is 2.03. The standard InChI is InChI=1S/C14H16N2O/c1-4-13-11(15-7-1)9-14(17-13)12-6-5-10-3-2-8-16(10)12/h1,4,7,9-10,12H,2-3,5-6,8H2/t10-,12-/m0/s1. The van der Waals surface area contributed by atoms with Gasteiger partial charge in [-0.3, -0.25) is 9.88 Å². The van der Waals surface area contributed by atoms with Crippen molar-refractivity contribution >= 4 is 11.1 Å². The number of rotatable bonds is 1. The zero-order valence-electron chi connectivity index (χ0n) is 9.80. The van der Waals surface area contributed by atoms with Gasteiger partial charge in [-0.15, -0.1) is 0 Å². The highest BCUT2D eigenvalue weighted by Gasteiger charge is 2.38. The molecule has 0 N–H and O–H groups in total. The van der Waals surface area contributed by atoms with Crippen molar-refractivity contribution in [1.82, 2.24) is 9.88 Å². The number of pyridine rings is 1. The number of hydrogen-bond donors (Lipinski definition) is 0. The lowest BCUT2D eigenvalue weighted by atomic mass is 10.1. The normalized spacial score (nSPS) is 28.9. The summed E-state index contributed by atoms with van der Waals surface area (Å²) in [5.74, 6) is 1.11. The highest BCUT2D eigenvalue weighted by molar-refractivity contribution is 5.72. The summed E-state index contributed by atoms with van der Waals surface area (Å²) in [5, 5.41) is 0. The van der Waals surface area contributed by atoms with Gasteiger partial charge in [0.1, 0.15) is 11.3 Å². The van der Waals surface area contributed by atoms with E-state index in [0.29, 0.717) is 6.04 Å². The molecule has 0 radical (unpaired) electrons. The van der Waals surface area contributed by atoms with Crippen LogP contribution in [0.5, 0.6) is 0 Å². The van der Waals surface area contributed by atoms with Crippen molar-refractivity contribution in [2.75, 3.05) is 6.54 Å². The number of aromatic nitrogens is 1. The molecule has 2 fully saturated rings. The molecular formula is C14H16N2O. The minimum Gasteiger partial charge on any atom is -0.458 e. The minimum absolute atomic E-state index is 0.497. The second-order valence-corrected chi connectivity index (χ2v) is 5.16. The van der Waals surface area contributed by atoms with E-state index in [2.05, 4.69) is 16.0 Å². The van der Waals surface area contributed by atoms with Gasteiger partial charge in [-0.1, -0.05) is 0 Å². The van der Waals surface area contributed by atoms with Crippen molar-refractivity contribution in [2.45, 2.75) is 37.8 Å². The molecule has 2 atom stereocenters. The molecular weight excluding hydrogens is 212 g/mol. The predicted octanol–water partition coefficient (Wildman–Crippen LogP) is 3.13. The summed E-state index contributed by atoms with van der Waals surface area (Å²) >= 11 is 0. The molecule has 17 heavy (non-hydrogen) atoms. The van der Waals surface area contributed by atoms with Crippen molar-refractivity contribution in [2.24, 2.45) is 0 Å². The first-order chi connectivity index (χ1) is 8.42. The molecule has 0 saturated carbocycles. The Labute approximate surface area is 100 Å². The van der Waals surface area contributed by atoms with E-state index in [-0.39, 0.29) is 0 Å². The highest BCUT2D eigenvalue weighted by atomic mass is 16.3. The lowest BCUT2D eigenvalue weighted by molar-refractivity contribution is 0.225. The van der Waals surface area contributed by atoms with Crippen molar-refractivity contribution in [3.8, 4) is 0 Å². The van der Waals surface area contributed by atoms with Crippen molar-refractivity contribution in [3.05, 3.63) is 30.2 Å². The lowest BCUT2D eigenvalue weighted by Gasteiger charge is -2.21. The highest BCUT2D eigenvalue weighted by Crippen LogP contribution is 2.42. The molecule has 2 aromatic rings. The van der Waals surface area contributed by atoms with E-state index in [9.17, 15) is 0 Å². The molecule has 3 heteroatoms. The molecule has 0 bridgehead atoms. The van der Waals surface area contributed by atoms with E-state index < -0.39 is 0 Å². The van der Waals surface area contributed by atoms with Gasteiger partial charge in [0.2, 0.25) is 0 Å². The van der Waals surface area contributed by atoms with E-state index in [4.69, 9.17) is 4.42 Å². The van der Waals surface area contributed by atoms with E-state index in [0.717, 1.165) is 22.9 Å². The molecule has 2 saturated heterocycles. The Morgan fingerprint density at radius 2 is 2.29 bits per heavy atom. The van der Waals surface area contributed by atoms with Gasteiger partial charge in [0.05, 0.1) is 6.04 Å². The van der Waals surface area contributed by atoms with E-state index in [1.54, 1.807) is 0 Å². The fraction of sp³-hybridized carbons (Fsp3) is 0.500. The largest absolute Gasteiger partial charge is 0.458 e. The summed E-state index contributed by atoms with van der Waals surface area (Å²) in [6, 6.07) is 7.36. The average molecular weight is 228 g/mol. The van der Waals surface area contributed by atoms with Crippen LogP contribution in [0.3, 0.4) is 0 Å².